The molecule has 25 heavy (non-hydrogen) atoms. The molecule has 2 atom stereocenters. The summed E-state index contributed by atoms with van der Waals surface area (Å²) < 4.78 is 5.18. The molecule has 0 saturated heterocycles. The fourth-order valence-corrected chi connectivity index (χ4v) is 2.47. The molecule has 0 aliphatic carbocycles. The number of carbonyl (C=O) groups excluding carboxylic acids is 2. The molecule has 5 nitrogen and oxygen atoms in total. The van der Waals surface area contributed by atoms with Crippen molar-refractivity contribution in [1.29, 1.82) is 0 Å². The number of hydrogen-bond acceptors (Lipinski definition) is 4. The van der Waals surface area contributed by atoms with E-state index in [1.165, 1.54) is 36.8 Å². The number of ether oxygens (including phenoxy) is 1. The molecule has 5 heteroatoms. The third-order valence-electron chi connectivity index (χ3n) is 4.04. The Labute approximate surface area is 147 Å². The Morgan fingerprint density at radius 3 is 2.32 bits per heavy atom. The summed E-state index contributed by atoms with van der Waals surface area (Å²) in [6.45, 7) is 4.09. The van der Waals surface area contributed by atoms with E-state index in [-0.39, 0.29) is 23.1 Å². The molecule has 0 aromatic heterocycles. The Morgan fingerprint density at radius 2 is 1.72 bits per heavy atom. The van der Waals surface area contributed by atoms with Gasteiger partial charge in [0, 0.05) is 12.5 Å². The number of amides is 1. The third kappa shape index (κ3) is 5.35. The van der Waals surface area contributed by atoms with E-state index >= 15 is 0 Å². The SMILES string of the molecule is CC[C@H](CNC(=O)[C@H](C)OC(=O)c1ccc(O)cc1)c1ccccc1. The molecular weight excluding hydrogens is 318 g/mol. The minimum Gasteiger partial charge on any atom is -0.508 e. The first-order chi connectivity index (χ1) is 12.0. The second-order valence-electron chi connectivity index (χ2n) is 5.86. The molecule has 0 aliphatic rings. The van der Waals surface area contributed by atoms with Gasteiger partial charge >= 0.3 is 5.97 Å². The van der Waals surface area contributed by atoms with E-state index in [0.717, 1.165) is 6.42 Å². The molecule has 0 radical (unpaired) electrons. The fourth-order valence-electron chi connectivity index (χ4n) is 2.47. The van der Waals surface area contributed by atoms with Crippen LogP contribution in [0.5, 0.6) is 5.75 Å². The maximum absolute atomic E-state index is 12.2. The topological polar surface area (TPSA) is 75.6 Å². The van der Waals surface area contributed by atoms with Gasteiger partial charge in [0.25, 0.3) is 5.91 Å². The first-order valence-corrected chi connectivity index (χ1v) is 8.34. The van der Waals surface area contributed by atoms with Crippen LogP contribution >= 0.6 is 0 Å². The molecule has 0 aliphatic heterocycles. The van der Waals surface area contributed by atoms with Crippen molar-refractivity contribution < 1.29 is 19.4 Å². The normalized spacial score (nSPS) is 12.9. The zero-order chi connectivity index (χ0) is 18.2. The van der Waals surface area contributed by atoms with Crippen LogP contribution in [0.3, 0.4) is 0 Å². The van der Waals surface area contributed by atoms with Crippen molar-refractivity contribution in [2.45, 2.75) is 32.3 Å². The van der Waals surface area contributed by atoms with E-state index in [1.54, 1.807) is 0 Å². The summed E-state index contributed by atoms with van der Waals surface area (Å²) in [6.07, 6.45) is 0.000907. The number of hydrogen-bond donors (Lipinski definition) is 2. The minimum atomic E-state index is -0.894. The molecule has 0 spiro atoms. The summed E-state index contributed by atoms with van der Waals surface area (Å²) in [5.41, 5.74) is 1.45. The van der Waals surface area contributed by atoms with Gasteiger partial charge in [0.2, 0.25) is 0 Å². The monoisotopic (exact) mass is 341 g/mol. The highest BCUT2D eigenvalue weighted by Crippen LogP contribution is 2.18. The van der Waals surface area contributed by atoms with Crippen LogP contribution in [-0.2, 0) is 9.53 Å². The number of phenols is 1. The van der Waals surface area contributed by atoms with Gasteiger partial charge in [0.05, 0.1) is 5.56 Å². The number of aromatic hydroxyl groups is 1. The Balaban J connectivity index is 1.87. The van der Waals surface area contributed by atoms with Crippen LogP contribution in [0, 0.1) is 0 Å². The first-order valence-electron chi connectivity index (χ1n) is 8.34. The van der Waals surface area contributed by atoms with Crippen molar-refractivity contribution in [1.82, 2.24) is 5.32 Å². The molecule has 0 fully saturated rings. The van der Waals surface area contributed by atoms with Crippen LogP contribution in [-0.4, -0.2) is 29.6 Å². The maximum Gasteiger partial charge on any atom is 0.338 e. The van der Waals surface area contributed by atoms with Crippen LogP contribution in [0.25, 0.3) is 0 Å². The van der Waals surface area contributed by atoms with E-state index in [1.807, 2.05) is 30.3 Å². The molecule has 0 bridgehead atoms. The van der Waals surface area contributed by atoms with Crippen LogP contribution in [0.1, 0.15) is 42.1 Å². The molecule has 0 saturated carbocycles. The number of benzene rings is 2. The number of nitrogens with one attached hydrogen (secondary N) is 1. The molecule has 132 valence electrons. The molecule has 2 rings (SSSR count). The Morgan fingerprint density at radius 1 is 1.08 bits per heavy atom. The Kier molecular flexibility index (Phi) is 6.57. The maximum atomic E-state index is 12.2. The Hall–Kier alpha value is -2.82. The van der Waals surface area contributed by atoms with Crippen molar-refractivity contribution >= 4 is 11.9 Å². The zero-order valence-corrected chi connectivity index (χ0v) is 14.4. The first kappa shape index (κ1) is 18.5. The van der Waals surface area contributed by atoms with Gasteiger partial charge < -0.3 is 15.2 Å². The predicted octanol–water partition coefficient (Wildman–Crippen LogP) is 3.25. The summed E-state index contributed by atoms with van der Waals surface area (Å²) in [7, 11) is 0. The summed E-state index contributed by atoms with van der Waals surface area (Å²) in [6, 6.07) is 15.7. The van der Waals surface area contributed by atoms with Gasteiger partial charge in [-0.1, -0.05) is 37.3 Å². The predicted molar refractivity (Wildman–Crippen MR) is 95.5 cm³/mol. The highest BCUT2D eigenvalue weighted by molar-refractivity contribution is 5.92. The molecule has 0 unspecified atom stereocenters. The summed E-state index contributed by atoms with van der Waals surface area (Å²) in [4.78, 5) is 24.2. The highest BCUT2D eigenvalue weighted by atomic mass is 16.5. The lowest BCUT2D eigenvalue weighted by atomic mass is 9.96. The van der Waals surface area contributed by atoms with Crippen molar-refractivity contribution in [3.05, 3.63) is 65.7 Å². The van der Waals surface area contributed by atoms with Gasteiger partial charge in [-0.2, -0.15) is 0 Å². The van der Waals surface area contributed by atoms with E-state index in [4.69, 9.17) is 4.74 Å². The van der Waals surface area contributed by atoms with E-state index in [2.05, 4.69) is 12.2 Å². The van der Waals surface area contributed by atoms with Gasteiger partial charge in [-0.05, 0) is 43.2 Å². The second-order valence-corrected chi connectivity index (χ2v) is 5.86. The standard InChI is InChI=1S/C20H23NO4/c1-3-15(16-7-5-4-6-8-16)13-21-19(23)14(2)25-20(24)17-9-11-18(22)12-10-17/h4-12,14-15,22H,3,13H2,1-2H3,(H,21,23)/t14-,15+/m0/s1. The summed E-state index contributed by atoms with van der Waals surface area (Å²) in [5.74, 6) is -0.654. The smallest absolute Gasteiger partial charge is 0.338 e. The van der Waals surface area contributed by atoms with E-state index in [9.17, 15) is 14.7 Å². The number of phenolic OH excluding ortho intramolecular Hbond substituents is 1. The number of rotatable bonds is 7. The van der Waals surface area contributed by atoms with E-state index in [0.29, 0.717) is 6.54 Å². The summed E-state index contributed by atoms with van der Waals surface area (Å²) in [5, 5.41) is 12.1. The highest BCUT2D eigenvalue weighted by Gasteiger charge is 2.20. The van der Waals surface area contributed by atoms with Crippen molar-refractivity contribution in [3.8, 4) is 5.75 Å². The Bertz CT molecular complexity index is 697. The van der Waals surface area contributed by atoms with Crippen LogP contribution in [0.2, 0.25) is 0 Å². The lowest BCUT2D eigenvalue weighted by molar-refractivity contribution is -0.129. The van der Waals surface area contributed by atoms with Crippen molar-refractivity contribution in [2.75, 3.05) is 6.54 Å². The molecule has 1 amide bonds. The lowest BCUT2D eigenvalue weighted by Crippen LogP contribution is -2.38. The fraction of sp³-hybridized carbons (Fsp3) is 0.300. The number of esters is 1. The van der Waals surface area contributed by atoms with Gasteiger partial charge in [-0.25, -0.2) is 4.79 Å². The molecule has 2 aromatic carbocycles. The quantitative estimate of drug-likeness (QED) is 0.758. The average Bonchev–Trinajstić information content (AvgIpc) is 2.63. The van der Waals surface area contributed by atoms with Gasteiger partial charge in [0.15, 0.2) is 6.10 Å². The lowest BCUT2D eigenvalue weighted by Gasteiger charge is -2.18. The minimum absolute atomic E-state index is 0.0638. The van der Waals surface area contributed by atoms with Crippen molar-refractivity contribution in [2.24, 2.45) is 0 Å². The molecular formula is C20H23NO4. The van der Waals surface area contributed by atoms with Gasteiger partial charge in [-0.15, -0.1) is 0 Å². The largest absolute Gasteiger partial charge is 0.508 e. The second kappa shape index (κ2) is 8.87. The van der Waals surface area contributed by atoms with Crippen LogP contribution in [0.4, 0.5) is 0 Å². The van der Waals surface area contributed by atoms with Gasteiger partial charge in [-0.3, -0.25) is 4.79 Å². The van der Waals surface area contributed by atoms with Crippen LogP contribution in [0.15, 0.2) is 54.6 Å². The zero-order valence-electron chi connectivity index (χ0n) is 14.4. The molecule has 2 N–H and O–H groups in total. The van der Waals surface area contributed by atoms with Crippen LogP contribution < -0.4 is 5.32 Å². The number of carbonyl (C=O) groups is 2. The molecule has 0 heterocycles. The van der Waals surface area contributed by atoms with Crippen molar-refractivity contribution in [3.63, 3.8) is 0 Å². The summed E-state index contributed by atoms with van der Waals surface area (Å²) >= 11 is 0. The van der Waals surface area contributed by atoms with E-state index < -0.39 is 12.1 Å². The van der Waals surface area contributed by atoms with Gasteiger partial charge in [0.1, 0.15) is 5.75 Å². The molecule has 2 aromatic rings. The average molecular weight is 341 g/mol. The third-order valence-corrected chi connectivity index (χ3v) is 4.04.